The number of aryl methyl sites for hydroxylation is 1. The first-order valence-electron chi connectivity index (χ1n) is 9.45. The fourth-order valence-corrected chi connectivity index (χ4v) is 3.55. The molecule has 2 heterocycles. The third-order valence-electron chi connectivity index (χ3n) is 5.13. The average Bonchev–Trinajstić information content (AvgIpc) is 3.20. The van der Waals surface area contributed by atoms with Gasteiger partial charge in [-0.15, -0.1) is 0 Å². The fraction of sp³-hybridized carbons (Fsp3) is 0.217. The molecule has 0 spiro atoms. The highest BCUT2D eigenvalue weighted by molar-refractivity contribution is 6.00. The summed E-state index contributed by atoms with van der Waals surface area (Å²) in [7, 11) is 7.90. The molecular formula is C23H22N2O6. The van der Waals surface area contributed by atoms with E-state index in [2.05, 4.69) is 4.98 Å². The van der Waals surface area contributed by atoms with Gasteiger partial charge in [0.25, 0.3) is 0 Å². The van der Waals surface area contributed by atoms with Crippen LogP contribution in [0.5, 0.6) is 23.0 Å². The maximum absolute atomic E-state index is 12.1. The van der Waals surface area contributed by atoms with Crippen LogP contribution >= 0.6 is 0 Å². The Bertz CT molecular complexity index is 1280. The Morgan fingerprint density at radius 2 is 1.52 bits per heavy atom. The van der Waals surface area contributed by atoms with Gasteiger partial charge in [-0.2, -0.15) is 0 Å². The van der Waals surface area contributed by atoms with E-state index >= 15 is 0 Å². The van der Waals surface area contributed by atoms with E-state index in [4.69, 9.17) is 23.4 Å². The zero-order valence-electron chi connectivity index (χ0n) is 17.9. The maximum Gasteiger partial charge on any atom is 0.350 e. The zero-order valence-corrected chi connectivity index (χ0v) is 17.9. The molecule has 0 aliphatic carbocycles. The quantitative estimate of drug-likeness (QED) is 0.466. The topological polar surface area (TPSA) is 85.0 Å². The minimum absolute atomic E-state index is 0.404. The van der Waals surface area contributed by atoms with Crippen LogP contribution in [0, 0.1) is 0 Å². The van der Waals surface area contributed by atoms with Gasteiger partial charge in [-0.3, -0.25) is 4.57 Å². The summed E-state index contributed by atoms with van der Waals surface area (Å²) < 4.78 is 29.3. The second kappa shape index (κ2) is 8.06. The van der Waals surface area contributed by atoms with E-state index in [-0.39, 0.29) is 0 Å². The van der Waals surface area contributed by atoms with E-state index in [0.717, 1.165) is 22.4 Å². The Labute approximate surface area is 178 Å². The van der Waals surface area contributed by atoms with E-state index < -0.39 is 5.69 Å². The summed E-state index contributed by atoms with van der Waals surface area (Å²) in [4.78, 5) is 16.1. The second-order valence-electron chi connectivity index (χ2n) is 6.77. The smallest absolute Gasteiger partial charge is 0.350 e. The highest BCUT2D eigenvalue weighted by Gasteiger charge is 2.23. The summed E-state index contributed by atoms with van der Waals surface area (Å²) in [5.41, 5.74) is 2.34. The summed E-state index contributed by atoms with van der Waals surface area (Å²) in [6.45, 7) is 0. The largest absolute Gasteiger partial charge is 0.497 e. The normalized spacial score (nSPS) is 10.9. The summed E-state index contributed by atoms with van der Waals surface area (Å²) in [6, 6.07) is 11.2. The van der Waals surface area contributed by atoms with Crippen molar-refractivity contribution < 1.29 is 23.4 Å². The lowest BCUT2D eigenvalue weighted by Crippen LogP contribution is -2.18. The van der Waals surface area contributed by atoms with Crippen LogP contribution in [0.1, 0.15) is 0 Å². The molecule has 0 saturated carbocycles. The van der Waals surface area contributed by atoms with Crippen molar-refractivity contribution in [3.8, 4) is 45.4 Å². The third kappa shape index (κ3) is 3.35. The van der Waals surface area contributed by atoms with Crippen LogP contribution in [0.2, 0.25) is 0 Å². The van der Waals surface area contributed by atoms with Crippen molar-refractivity contribution in [2.75, 3.05) is 28.4 Å². The molecule has 0 fully saturated rings. The molecule has 8 nitrogen and oxygen atoms in total. The van der Waals surface area contributed by atoms with Crippen LogP contribution in [0.25, 0.3) is 33.6 Å². The van der Waals surface area contributed by atoms with E-state index in [0.29, 0.717) is 34.1 Å². The number of methoxy groups -OCH3 is 4. The molecule has 4 aromatic rings. The first kappa shape index (κ1) is 20.3. The molecule has 8 heteroatoms. The molecular weight excluding hydrogens is 400 g/mol. The van der Waals surface area contributed by atoms with Crippen LogP contribution in [-0.2, 0) is 7.05 Å². The SMILES string of the molecule is COc1ccc(-c2oc3c(cnc(=O)n3C)c2-c2cc(OC)c(OC)c(OC)c2)cc1. The first-order chi connectivity index (χ1) is 15.0. The van der Waals surface area contributed by atoms with Gasteiger partial charge >= 0.3 is 5.69 Å². The number of aromatic nitrogens is 2. The lowest BCUT2D eigenvalue weighted by Gasteiger charge is -2.14. The zero-order chi connectivity index (χ0) is 22.1. The van der Waals surface area contributed by atoms with Gasteiger partial charge in [0.1, 0.15) is 11.5 Å². The minimum Gasteiger partial charge on any atom is -0.497 e. The van der Waals surface area contributed by atoms with Crippen molar-refractivity contribution in [3.05, 3.63) is 53.1 Å². The Balaban J connectivity index is 2.07. The molecule has 0 aliphatic heterocycles. The van der Waals surface area contributed by atoms with Gasteiger partial charge in [-0.1, -0.05) is 0 Å². The number of furan rings is 1. The van der Waals surface area contributed by atoms with Crippen molar-refractivity contribution in [1.82, 2.24) is 9.55 Å². The molecule has 0 amide bonds. The number of hydrogen-bond donors (Lipinski definition) is 0. The molecule has 160 valence electrons. The maximum atomic E-state index is 12.1. The Morgan fingerprint density at radius 1 is 0.871 bits per heavy atom. The molecule has 0 unspecified atom stereocenters. The summed E-state index contributed by atoms with van der Waals surface area (Å²) in [5.74, 6) is 2.80. The average molecular weight is 422 g/mol. The number of benzene rings is 2. The molecule has 4 rings (SSSR count). The molecule has 0 atom stereocenters. The van der Waals surface area contributed by atoms with Crippen molar-refractivity contribution >= 4 is 11.1 Å². The van der Waals surface area contributed by atoms with Gasteiger partial charge in [-0.25, -0.2) is 9.78 Å². The number of nitrogens with zero attached hydrogens (tertiary/aromatic N) is 2. The molecule has 0 N–H and O–H groups in total. The van der Waals surface area contributed by atoms with E-state index in [9.17, 15) is 4.79 Å². The minimum atomic E-state index is -0.404. The molecule has 0 radical (unpaired) electrons. The fourth-order valence-electron chi connectivity index (χ4n) is 3.55. The number of hydrogen-bond acceptors (Lipinski definition) is 7. The number of ether oxygens (including phenoxy) is 4. The van der Waals surface area contributed by atoms with Crippen LogP contribution in [-0.4, -0.2) is 38.0 Å². The van der Waals surface area contributed by atoms with Gasteiger partial charge in [-0.05, 0) is 42.0 Å². The predicted octanol–water partition coefficient (Wildman–Crippen LogP) is 3.89. The Morgan fingerprint density at radius 3 is 2.06 bits per heavy atom. The highest BCUT2D eigenvalue weighted by Crippen LogP contribution is 2.46. The standard InChI is InChI=1S/C23H22N2O6/c1-25-22-16(12-24-23(25)26)19(20(31-22)13-6-8-15(27-2)9-7-13)14-10-17(28-3)21(30-5)18(11-14)29-4/h6-12H,1-5H3. The van der Waals surface area contributed by atoms with E-state index in [1.807, 2.05) is 36.4 Å². The Kier molecular flexibility index (Phi) is 5.29. The van der Waals surface area contributed by atoms with Crippen molar-refractivity contribution in [2.45, 2.75) is 0 Å². The second-order valence-corrected chi connectivity index (χ2v) is 6.77. The lowest BCUT2D eigenvalue weighted by atomic mass is 9.98. The van der Waals surface area contributed by atoms with Gasteiger partial charge in [0.05, 0.1) is 33.8 Å². The van der Waals surface area contributed by atoms with Crippen LogP contribution in [0.4, 0.5) is 0 Å². The van der Waals surface area contributed by atoms with Crippen molar-refractivity contribution in [1.29, 1.82) is 0 Å². The van der Waals surface area contributed by atoms with Crippen LogP contribution in [0.15, 0.2) is 51.8 Å². The van der Waals surface area contributed by atoms with Gasteiger partial charge in [0, 0.05) is 24.4 Å². The number of rotatable bonds is 6. The van der Waals surface area contributed by atoms with Crippen molar-refractivity contribution in [3.63, 3.8) is 0 Å². The monoisotopic (exact) mass is 422 g/mol. The van der Waals surface area contributed by atoms with Gasteiger partial charge < -0.3 is 23.4 Å². The van der Waals surface area contributed by atoms with Gasteiger partial charge in [0.2, 0.25) is 11.5 Å². The van der Waals surface area contributed by atoms with Gasteiger partial charge in [0.15, 0.2) is 11.5 Å². The third-order valence-corrected chi connectivity index (χ3v) is 5.13. The molecule has 31 heavy (non-hydrogen) atoms. The van der Waals surface area contributed by atoms with E-state index in [1.165, 1.54) is 10.8 Å². The van der Waals surface area contributed by atoms with Crippen molar-refractivity contribution in [2.24, 2.45) is 7.05 Å². The predicted molar refractivity (Wildman–Crippen MR) is 116 cm³/mol. The van der Waals surface area contributed by atoms with Crippen LogP contribution in [0.3, 0.4) is 0 Å². The summed E-state index contributed by atoms with van der Waals surface area (Å²) >= 11 is 0. The molecule has 0 aliphatic rings. The summed E-state index contributed by atoms with van der Waals surface area (Å²) in [6.07, 6.45) is 1.52. The molecule has 0 bridgehead atoms. The first-order valence-corrected chi connectivity index (χ1v) is 9.45. The number of fused-ring (bicyclic) bond motifs is 1. The van der Waals surface area contributed by atoms with Crippen LogP contribution < -0.4 is 24.6 Å². The lowest BCUT2D eigenvalue weighted by molar-refractivity contribution is 0.324. The molecule has 2 aromatic heterocycles. The Hall–Kier alpha value is -3.94. The summed E-state index contributed by atoms with van der Waals surface area (Å²) in [5, 5.41) is 0.683. The molecule has 0 saturated heterocycles. The highest BCUT2D eigenvalue weighted by atomic mass is 16.5. The molecule has 2 aromatic carbocycles. The van der Waals surface area contributed by atoms with E-state index in [1.54, 1.807) is 35.5 Å².